The van der Waals surface area contributed by atoms with Crippen LogP contribution in [0.15, 0.2) is 35.4 Å². The molecule has 0 atom stereocenters. The van der Waals surface area contributed by atoms with Crippen LogP contribution in [-0.2, 0) is 5.75 Å². The fourth-order valence-electron chi connectivity index (χ4n) is 1.49. The van der Waals surface area contributed by atoms with E-state index < -0.39 is 0 Å². The number of rotatable bonds is 3. The number of aryl methyl sites for hydroxylation is 2. The second-order valence-electron chi connectivity index (χ2n) is 3.81. The number of thioether (sulfide) groups is 1. The van der Waals surface area contributed by atoms with Gasteiger partial charge >= 0.3 is 0 Å². The lowest BCUT2D eigenvalue weighted by molar-refractivity contribution is 0.627. The average Bonchev–Trinajstić information content (AvgIpc) is 2.27. The van der Waals surface area contributed by atoms with Crippen LogP contribution >= 0.6 is 11.8 Å². The summed E-state index contributed by atoms with van der Waals surface area (Å²) in [6.45, 7) is 3.84. The van der Waals surface area contributed by atoms with Gasteiger partial charge in [-0.3, -0.25) is 0 Å². The van der Waals surface area contributed by atoms with Crippen LogP contribution in [0.5, 0.6) is 0 Å². The highest BCUT2D eigenvalue weighted by molar-refractivity contribution is 7.98. The van der Waals surface area contributed by atoms with Gasteiger partial charge in [0.2, 0.25) is 0 Å². The Bertz CT molecular complexity index is 491. The van der Waals surface area contributed by atoms with Gasteiger partial charge in [-0.2, -0.15) is 0 Å². The normalized spacial score (nSPS) is 10.5. The van der Waals surface area contributed by atoms with Crippen LogP contribution < -0.4 is 0 Å². The van der Waals surface area contributed by atoms with Gasteiger partial charge in [0.25, 0.3) is 0 Å². The summed E-state index contributed by atoms with van der Waals surface area (Å²) in [4.78, 5) is 8.57. The average molecular weight is 248 g/mol. The quantitative estimate of drug-likeness (QED) is 0.614. The lowest BCUT2D eigenvalue weighted by Gasteiger charge is -2.03. The number of hydrogen-bond acceptors (Lipinski definition) is 3. The molecule has 0 unspecified atom stereocenters. The Labute approximate surface area is 104 Å². The minimum atomic E-state index is -0.201. The Balaban J connectivity index is 2.04. The Kier molecular flexibility index (Phi) is 3.74. The van der Waals surface area contributed by atoms with Gasteiger partial charge in [-0.25, -0.2) is 14.4 Å². The van der Waals surface area contributed by atoms with E-state index >= 15 is 0 Å². The lowest BCUT2D eigenvalue weighted by atomic mass is 10.2. The summed E-state index contributed by atoms with van der Waals surface area (Å²) in [6, 6.07) is 8.51. The summed E-state index contributed by atoms with van der Waals surface area (Å²) in [6.07, 6.45) is 0. The second-order valence-corrected chi connectivity index (χ2v) is 4.81. The van der Waals surface area contributed by atoms with E-state index in [1.807, 2.05) is 19.9 Å². The van der Waals surface area contributed by atoms with E-state index in [1.54, 1.807) is 23.9 Å². The van der Waals surface area contributed by atoms with Crippen molar-refractivity contribution in [3.63, 3.8) is 0 Å². The Morgan fingerprint density at radius 1 is 1.12 bits per heavy atom. The van der Waals surface area contributed by atoms with Gasteiger partial charge < -0.3 is 0 Å². The highest BCUT2D eigenvalue weighted by atomic mass is 32.2. The molecule has 0 aliphatic heterocycles. The van der Waals surface area contributed by atoms with Crippen molar-refractivity contribution in [2.45, 2.75) is 24.6 Å². The summed E-state index contributed by atoms with van der Waals surface area (Å²) in [7, 11) is 0. The van der Waals surface area contributed by atoms with Crippen molar-refractivity contribution in [2.24, 2.45) is 0 Å². The molecule has 0 aliphatic rings. The minimum absolute atomic E-state index is 0.201. The molecule has 0 saturated heterocycles. The van der Waals surface area contributed by atoms with Crippen molar-refractivity contribution in [3.8, 4) is 0 Å². The smallest absolute Gasteiger partial charge is 0.126 e. The first-order valence-electron chi connectivity index (χ1n) is 5.33. The minimum Gasteiger partial charge on any atom is -0.238 e. The topological polar surface area (TPSA) is 25.8 Å². The summed E-state index contributed by atoms with van der Waals surface area (Å²) in [5, 5.41) is 0.958. The summed E-state index contributed by atoms with van der Waals surface area (Å²) in [5.74, 6) is 1.37. The maximum absolute atomic E-state index is 12.7. The van der Waals surface area contributed by atoms with Gasteiger partial charge in [-0.1, -0.05) is 12.1 Å². The Hall–Kier alpha value is -1.42. The SMILES string of the molecule is Cc1cc(SCc2ccc(F)cc2)nc(C)n1. The number of nitrogens with zero attached hydrogens (tertiary/aromatic N) is 2. The summed E-state index contributed by atoms with van der Waals surface area (Å²) < 4.78 is 12.7. The van der Waals surface area contributed by atoms with Gasteiger partial charge in [-0.05, 0) is 37.6 Å². The largest absolute Gasteiger partial charge is 0.238 e. The summed E-state index contributed by atoms with van der Waals surface area (Å²) in [5.41, 5.74) is 2.06. The molecule has 0 spiro atoms. The van der Waals surface area contributed by atoms with E-state index in [0.29, 0.717) is 0 Å². The van der Waals surface area contributed by atoms with Crippen molar-refractivity contribution in [2.75, 3.05) is 0 Å². The van der Waals surface area contributed by atoms with Crippen LogP contribution in [-0.4, -0.2) is 9.97 Å². The number of aromatic nitrogens is 2. The number of halogens is 1. The molecule has 0 aliphatic carbocycles. The second kappa shape index (κ2) is 5.27. The van der Waals surface area contributed by atoms with Gasteiger partial charge in [0.05, 0.1) is 0 Å². The zero-order chi connectivity index (χ0) is 12.3. The third-order valence-electron chi connectivity index (χ3n) is 2.24. The zero-order valence-electron chi connectivity index (χ0n) is 9.77. The van der Waals surface area contributed by atoms with Crippen molar-refractivity contribution in [3.05, 3.63) is 53.2 Å². The zero-order valence-corrected chi connectivity index (χ0v) is 10.6. The lowest BCUT2D eigenvalue weighted by Crippen LogP contribution is -1.92. The molecule has 2 aromatic rings. The van der Waals surface area contributed by atoms with E-state index in [0.717, 1.165) is 27.9 Å². The van der Waals surface area contributed by atoms with E-state index in [-0.39, 0.29) is 5.82 Å². The fourth-order valence-corrected chi connectivity index (χ4v) is 2.45. The molecule has 4 heteroatoms. The molecule has 1 heterocycles. The molecule has 0 amide bonds. The molecule has 0 fully saturated rings. The highest BCUT2D eigenvalue weighted by Crippen LogP contribution is 2.21. The molecule has 2 nitrogen and oxygen atoms in total. The van der Waals surface area contributed by atoms with Gasteiger partial charge in [-0.15, -0.1) is 11.8 Å². The first-order chi connectivity index (χ1) is 8.13. The van der Waals surface area contributed by atoms with Crippen LogP contribution in [0, 0.1) is 19.7 Å². The molecule has 0 saturated carbocycles. The standard InChI is InChI=1S/C13H13FN2S/c1-9-7-13(16-10(2)15-9)17-8-11-3-5-12(14)6-4-11/h3-7H,8H2,1-2H3. The van der Waals surface area contributed by atoms with Crippen LogP contribution in [0.3, 0.4) is 0 Å². The monoisotopic (exact) mass is 248 g/mol. The third-order valence-corrected chi connectivity index (χ3v) is 3.23. The molecule has 88 valence electrons. The summed E-state index contributed by atoms with van der Waals surface area (Å²) >= 11 is 1.63. The van der Waals surface area contributed by atoms with Crippen molar-refractivity contribution in [1.82, 2.24) is 9.97 Å². The molecule has 2 rings (SSSR count). The maximum atomic E-state index is 12.7. The van der Waals surface area contributed by atoms with E-state index in [1.165, 1.54) is 12.1 Å². The molecular weight excluding hydrogens is 235 g/mol. The Morgan fingerprint density at radius 2 is 1.82 bits per heavy atom. The van der Waals surface area contributed by atoms with Crippen molar-refractivity contribution in [1.29, 1.82) is 0 Å². The van der Waals surface area contributed by atoms with Gasteiger partial charge in [0, 0.05) is 11.4 Å². The van der Waals surface area contributed by atoms with Gasteiger partial charge in [0.1, 0.15) is 16.7 Å². The molecule has 1 aromatic heterocycles. The maximum Gasteiger partial charge on any atom is 0.126 e. The van der Waals surface area contributed by atoms with Crippen molar-refractivity contribution < 1.29 is 4.39 Å². The Morgan fingerprint density at radius 3 is 2.47 bits per heavy atom. The van der Waals surface area contributed by atoms with Crippen molar-refractivity contribution >= 4 is 11.8 Å². The molecule has 0 N–H and O–H groups in total. The predicted molar refractivity (Wildman–Crippen MR) is 67.5 cm³/mol. The molecule has 0 bridgehead atoms. The number of benzene rings is 1. The first kappa shape index (κ1) is 12.0. The van der Waals surface area contributed by atoms with Crippen LogP contribution in [0.1, 0.15) is 17.1 Å². The van der Waals surface area contributed by atoms with E-state index in [2.05, 4.69) is 9.97 Å². The first-order valence-corrected chi connectivity index (χ1v) is 6.31. The molecule has 1 aromatic carbocycles. The molecule has 17 heavy (non-hydrogen) atoms. The third kappa shape index (κ3) is 3.53. The van der Waals surface area contributed by atoms with Crippen LogP contribution in [0.2, 0.25) is 0 Å². The number of hydrogen-bond donors (Lipinski definition) is 0. The fraction of sp³-hybridized carbons (Fsp3) is 0.231. The van der Waals surface area contributed by atoms with Crippen LogP contribution in [0.25, 0.3) is 0 Å². The van der Waals surface area contributed by atoms with Crippen LogP contribution in [0.4, 0.5) is 4.39 Å². The van der Waals surface area contributed by atoms with Gasteiger partial charge in [0.15, 0.2) is 0 Å². The molecular formula is C13H13FN2S. The van der Waals surface area contributed by atoms with E-state index in [9.17, 15) is 4.39 Å². The highest BCUT2D eigenvalue weighted by Gasteiger charge is 2.01. The van der Waals surface area contributed by atoms with E-state index in [4.69, 9.17) is 0 Å². The predicted octanol–water partition coefficient (Wildman–Crippen LogP) is 3.52. The molecule has 0 radical (unpaired) electrons.